The van der Waals surface area contributed by atoms with Crippen LogP contribution in [0.4, 0.5) is 5.69 Å². The summed E-state index contributed by atoms with van der Waals surface area (Å²) in [6.07, 6.45) is 1.77. The number of rotatable bonds is 4. The Balaban J connectivity index is 2.14. The summed E-state index contributed by atoms with van der Waals surface area (Å²) in [4.78, 5) is 23.1. The molecule has 26 heavy (non-hydrogen) atoms. The Morgan fingerprint density at radius 3 is 2.65 bits per heavy atom. The van der Waals surface area contributed by atoms with Crippen LogP contribution >= 0.6 is 24.0 Å². The molecule has 2 aromatic rings. The summed E-state index contributed by atoms with van der Waals surface area (Å²) in [5.74, 6) is 0.295. The van der Waals surface area contributed by atoms with Crippen LogP contribution in [0.15, 0.2) is 29.2 Å². The Kier molecular flexibility index (Phi) is 4.84. The first-order valence-electron chi connectivity index (χ1n) is 7.58. The molecule has 1 aromatic heterocycles. The van der Waals surface area contributed by atoms with E-state index in [4.69, 9.17) is 17.0 Å². The second kappa shape index (κ2) is 6.93. The molecule has 1 N–H and O–H groups in total. The number of carbonyl (C=O) groups is 1. The highest BCUT2D eigenvalue weighted by Crippen LogP contribution is 2.33. The summed E-state index contributed by atoms with van der Waals surface area (Å²) in [6.45, 7) is 3.77. The average molecular weight is 389 g/mol. The molecule has 0 atom stereocenters. The fourth-order valence-electron chi connectivity index (χ4n) is 2.83. The highest BCUT2D eigenvalue weighted by atomic mass is 32.2. The number of ether oxygens (including phenoxy) is 1. The number of amides is 1. The molecule has 0 spiro atoms. The van der Waals surface area contributed by atoms with Crippen molar-refractivity contribution in [2.45, 2.75) is 13.8 Å². The molecule has 9 heteroatoms. The Bertz CT molecular complexity index is 979. The van der Waals surface area contributed by atoms with E-state index in [1.165, 1.54) is 31.0 Å². The van der Waals surface area contributed by atoms with Gasteiger partial charge in [0.05, 0.1) is 22.6 Å². The number of thiocarbonyl (C=S) groups is 1. The van der Waals surface area contributed by atoms with Gasteiger partial charge in [-0.1, -0.05) is 24.0 Å². The fourth-order valence-corrected chi connectivity index (χ4v) is 3.87. The largest absolute Gasteiger partial charge is 0.495 e. The molecule has 3 rings (SSSR count). The lowest BCUT2D eigenvalue weighted by Gasteiger charge is -2.13. The lowest BCUT2D eigenvalue weighted by atomic mass is 10.2. The van der Waals surface area contributed by atoms with Crippen LogP contribution < -0.4 is 10.1 Å². The van der Waals surface area contributed by atoms with Gasteiger partial charge in [-0.05, 0) is 37.6 Å². The predicted octanol–water partition coefficient (Wildman–Crippen LogP) is 3.50. The first kappa shape index (κ1) is 18.2. The molecule has 2 heterocycles. The van der Waals surface area contributed by atoms with E-state index >= 15 is 0 Å². The zero-order chi connectivity index (χ0) is 19.0. The molecule has 0 unspecified atom stereocenters. The minimum atomic E-state index is -0.444. The van der Waals surface area contributed by atoms with Gasteiger partial charge in [0.25, 0.3) is 11.6 Å². The molecule has 1 fully saturated rings. The van der Waals surface area contributed by atoms with Gasteiger partial charge in [-0.3, -0.25) is 14.9 Å². The molecule has 0 radical (unpaired) electrons. The van der Waals surface area contributed by atoms with Crippen LogP contribution in [0.3, 0.4) is 0 Å². The number of nitrogens with one attached hydrogen (secondary N) is 1. The maximum atomic E-state index is 11.9. The van der Waals surface area contributed by atoms with Crippen LogP contribution in [0.1, 0.15) is 17.0 Å². The van der Waals surface area contributed by atoms with Crippen molar-refractivity contribution >= 4 is 46.0 Å². The van der Waals surface area contributed by atoms with Crippen LogP contribution in [0, 0.1) is 24.0 Å². The summed E-state index contributed by atoms with van der Waals surface area (Å²) >= 11 is 6.22. The van der Waals surface area contributed by atoms with Crippen LogP contribution in [-0.4, -0.2) is 26.8 Å². The second-order valence-corrected chi connectivity index (χ2v) is 7.35. The number of nitro benzene ring substituents is 1. The zero-order valence-corrected chi connectivity index (χ0v) is 15.9. The van der Waals surface area contributed by atoms with Gasteiger partial charge in [-0.25, -0.2) is 0 Å². The van der Waals surface area contributed by atoms with Gasteiger partial charge in [-0.2, -0.15) is 0 Å². The summed E-state index contributed by atoms with van der Waals surface area (Å²) in [5.41, 5.74) is 3.07. The number of carbonyl (C=O) groups excluding carboxylic acids is 1. The second-order valence-electron chi connectivity index (χ2n) is 5.63. The average Bonchev–Trinajstić information content (AvgIpc) is 3.05. The normalized spacial score (nSPS) is 15.4. The van der Waals surface area contributed by atoms with Gasteiger partial charge in [0.15, 0.2) is 0 Å². The summed E-state index contributed by atoms with van der Waals surface area (Å²) in [7, 11) is 1.52. The van der Waals surface area contributed by atoms with Crippen molar-refractivity contribution in [3.63, 3.8) is 0 Å². The van der Waals surface area contributed by atoms with Gasteiger partial charge >= 0.3 is 0 Å². The molecule has 1 aromatic carbocycles. The maximum Gasteiger partial charge on any atom is 0.271 e. The molecule has 0 aliphatic carbocycles. The van der Waals surface area contributed by atoms with E-state index in [1.54, 1.807) is 12.1 Å². The van der Waals surface area contributed by atoms with Crippen molar-refractivity contribution in [1.82, 2.24) is 9.88 Å². The molecule has 0 bridgehead atoms. The SMILES string of the molecule is COc1ccc([N+](=O)[O-])cc1-n1c(C)cc(/C=C2\SC(=S)NC2=O)c1C. The number of nitrogens with zero attached hydrogens (tertiary/aromatic N) is 2. The molecule has 1 saturated heterocycles. The molecule has 1 aliphatic heterocycles. The quantitative estimate of drug-likeness (QED) is 0.373. The number of methoxy groups -OCH3 is 1. The van der Waals surface area contributed by atoms with E-state index in [1.807, 2.05) is 24.5 Å². The maximum absolute atomic E-state index is 11.9. The third kappa shape index (κ3) is 3.23. The highest BCUT2D eigenvalue weighted by molar-refractivity contribution is 8.26. The monoisotopic (exact) mass is 389 g/mol. The van der Waals surface area contributed by atoms with Crippen molar-refractivity contribution in [2.24, 2.45) is 0 Å². The molecular weight excluding hydrogens is 374 g/mol. The number of aromatic nitrogens is 1. The van der Waals surface area contributed by atoms with E-state index < -0.39 is 4.92 Å². The minimum Gasteiger partial charge on any atom is -0.495 e. The smallest absolute Gasteiger partial charge is 0.271 e. The first-order valence-corrected chi connectivity index (χ1v) is 8.81. The number of non-ortho nitro benzene ring substituents is 1. The number of benzene rings is 1. The van der Waals surface area contributed by atoms with Gasteiger partial charge < -0.3 is 14.6 Å². The third-order valence-electron chi connectivity index (χ3n) is 4.01. The van der Waals surface area contributed by atoms with Gasteiger partial charge in [0, 0.05) is 23.5 Å². The van der Waals surface area contributed by atoms with Gasteiger partial charge in [0.1, 0.15) is 10.1 Å². The summed E-state index contributed by atoms with van der Waals surface area (Å²) in [5, 5.41) is 13.7. The molecule has 7 nitrogen and oxygen atoms in total. The Morgan fingerprint density at radius 2 is 2.08 bits per heavy atom. The van der Waals surface area contributed by atoms with E-state index in [9.17, 15) is 14.9 Å². The van der Waals surface area contributed by atoms with Crippen LogP contribution in [0.25, 0.3) is 11.8 Å². The number of hydrogen-bond acceptors (Lipinski definition) is 6. The van der Waals surface area contributed by atoms with Crippen molar-refractivity contribution in [2.75, 3.05) is 7.11 Å². The standard InChI is InChI=1S/C17H15N3O4S2/c1-9-6-11(7-15-16(21)18-17(25)26-15)10(2)19(9)13-8-12(20(22)23)4-5-14(13)24-3/h4-8H,1-3H3,(H,18,21,25)/b15-7-. The van der Waals surface area contributed by atoms with Gasteiger partial charge in [-0.15, -0.1) is 0 Å². The minimum absolute atomic E-state index is 0.0238. The van der Waals surface area contributed by atoms with Crippen LogP contribution in [0.2, 0.25) is 0 Å². The molecule has 1 aliphatic rings. The lowest BCUT2D eigenvalue weighted by Crippen LogP contribution is -2.17. The summed E-state index contributed by atoms with van der Waals surface area (Å²) < 4.78 is 7.67. The predicted molar refractivity (Wildman–Crippen MR) is 105 cm³/mol. The van der Waals surface area contributed by atoms with E-state index in [2.05, 4.69) is 5.32 Å². The van der Waals surface area contributed by atoms with Crippen LogP contribution in [0.5, 0.6) is 5.75 Å². The summed E-state index contributed by atoms with van der Waals surface area (Å²) in [6, 6.07) is 6.36. The van der Waals surface area contributed by atoms with Crippen molar-refractivity contribution in [3.05, 3.63) is 56.2 Å². The van der Waals surface area contributed by atoms with Crippen molar-refractivity contribution < 1.29 is 14.5 Å². The fraction of sp³-hybridized carbons (Fsp3) is 0.176. The van der Waals surface area contributed by atoms with Crippen LogP contribution in [-0.2, 0) is 4.79 Å². The van der Waals surface area contributed by atoms with Gasteiger partial charge in [0.2, 0.25) is 0 Å². The number of nitro groups is 1. The number of thioether (sulfide) groups is 1. The highest BCUT2D eigenvalue weighted by Gasteiger charge is 2.23. The number of hydrogen-bond donors (Lipinski definition) is 1. The molecular formula is C17H15N3O4S2. The van der Waals surface area contributed by atoms with E-state index in [0.29, 0.717) is 20.7 Å². The van der Waals surface area contributed by atoms with Crippen molar-refractivity contribution in [1.29, 1.82) is 0 Å². The lowest BCUT2D eigenvalue weighted by molar-refractivity contribution is -0.384. The first-order chi connectivity index (χ1) is 12.3. The topological polar surface area (TPSA) is 86.4 Å². The third-order valence-corrected chi connectivity index (χ3v) is 5.18. The van der Waals surface area contributed by atoms with E-state index in [0.717, 1.165) is 17.0 Å². The Morgan fingerprint density at radius 1 is 1.35 bits per heavy atom. The molecule has 134 valence electrons. The Hall–Kier alpha value is -2.65. The Labute approximate surface area is 159 Å². The number of aryl methyl sites for hydroxylation is 1. The molecule has 0 saturated carbocycles. The zero-order valence-electron chi connectivity index (χ0n) is 14.2. The van der Waals surface area contributed by atoms with Crippen molar-refractivity contribution in [3.8, 4) is 11.4 Å². The van der Waals surface area contributed by atoms with E-state index in [-0.39, 0.29) is 11.6 Å². The molecule has 1 amide bonds.